The highest BCUT2D eigenvalue weighted by atomic mass is 16.3. The van der Waals surface area contributed by atoms with Crippen LogP contribution >= 0.6 is 0 Å². The SMILES string of the molecule is Cc1cc(C)nc(C(CO)CO)c1. The smallest absolute Gasteiger partial charge is 0.0537 e. The van der Waals surface area contributed by atoms with E-state index in [1.807, 2.05) is 26.0 Å². The maximum absolute atomic E-state index is 8.96. The zero-order valence-electron chi connectivity index (χ0n) is 7.99. The molecule has 0 aliphatic heterocycles. The molecule has 0 aromatic carbocycles. The minimum absolute atomic E-state index is 0.0631. The Kier molecular flexibility index (Phi) is 3.39. The number of aryl methyl sites for hydroxylation is 2. The van der Waals surface area contributed by atoms with Crippen LogP contribution < -0.4 is 0 Å². The van der Waals surface area contributed by atoms with E-state index in [1.54, 1.807) is 0 Å². The molecule has 1 aromatic rings. The molecule has 1 heterocycles. The Morgan fingerprint density at radius 2 is 1.85 bits per heavy atom. The lowest BCUT2D eigenvalue weighted by molar-refractivity contribution is 0.190. The van der Waals surface area contributed by atoms with Crippen molar-refractivity contribution in [3.8, 4) is 0 Å². The molecule has 1 rings (SSSR count). The van der Waals surface area contributed by atoms with E-state index in [2.05, 4.69) is 4.98 Å². The van der Waals surface area contributed by atoms with Gasteiger partial charge in [-0.05, 0) is 31.5 Å². The molecule has 3 heteroatoms. The molecule has 2 N–H and O–H groups in total. The standard InChI is InChI=1S/C10H15NO2/c1-7-3-8(2)11-10(4-7)9(5-12)6-13/h3-4,9,12-13H,5-6H2,1-2H3. The molecule has 0 bridgehead atoms. The van der Waals surface area contributed by atoms with E-state index in [4.69, 9.17) is 10.2 Å². The van der Waals surface area contributed by atoms with Gasteiger partial charge in [0, 0.05) is 17.3 Å². The van der Waals surface area contributed by atoms with E-state index in [0.717, 1.165) is 17.0 Å². The molecular weight excluding hydrogens is 166 g/mol. The first-order valence-electron chi connectivity index (χ1n) is 4.34. The van der Waals surface area contributed by atoms with Gasteiger partial charge in [-0.2, -0.15) is 0 Å². The predicted octanol–water partition coefficient (Wildman–Crippen LogP) is 0.767. The third-order valence-corrected chi connectivity index (χ3v) is 1.98. The van der Waals surface area contributed by atoms with Gasteiger partial charge in [0.15, 0.2) is 0 Å². The molecular formula is C10H15NO2. The van der Waals surface area contributed by atoms with E-state index in [9.17, 15) is 0 Å². The summed E-state index contributed by atoms with van der Waals surface area (Å²) in [6.45, 7) is 3.76. The van der Waals surface area contributed by atoms with Crippen LogP contribution in [0.25, 0.3) is 0 Å². The van der Waals surface area contributed by atoms with Crippen molar-refractivity contribution in [2.45, 2.75) is 19.8 Å². The van der Waals surface area contributed by atoms with Crippen molar-refractivity contribution < 1.29 is 10.2 Å². The molecule has 3 nitrogen and oxygen atoms in total. The fourth-order valence-electron chi connectivity index (χ4n) is 1.33. The van der Waals surface area contributed by atoms with E-state index in [0.29, 0.717) is 0 Å². The fourth-order valence-corrected chi connectivity index (χ4v) is 1.33. The Morgan fingerprint density at radius 3 is 2.31 bits per heavy atom. The van der Waals surface area contributed by atoms with Crippen molar-refractivity contribution in [3.05, 3.63) is 29.1 Å². The number of nitrogens with zero attached hydrogens (tertiary/aromatic N) is 1. The summed E-state index contributed by atoms with van der Waals surface area (Å²) < 4.78 is 0. The van der Waals surface area contributed by atoms with Gasteiger partial charge in [-0.15, -0.1) is 0 Å². The zero-order valence-corrected chi connectivity index (χ0v) is 7.99. The highest BCUT2D eigenvalue weighted by Gasteiger charge is 2.10. The number of hydrogen-bond donors (Lipinski definition) is 2. The third kappa shape index (κ3) is 2.50. The van der Waals surface area contributed by atoms with Gasteiger partial charge in [0.05, 0.1) is 13.2 Å². The van der Waals surface area contributed by atoms with E-state index in [-0.39, 0.29) is 19.1 Å². The summed E-state index contributed by atoms with van der Waals surface area (Å²) in [7, 11) is 0. The summed E-state index contributed by atoms with van der Waals surface area (Å²) in [5, 5.41) is 17.9. The molecule has 0 saturated carbocycles. The molecule has 0 radical (unpaired) electrons. The average molecular weight is 181 g/mol. The van der Waals surface area contributed by atoms with Gasteiger partial charge in [0.2, 0.25) is 0 Å². The number of aliphatic hydroxyl groups excluding tert-OH is 2. The Bertz CT molecular complexity index is 262. The molecule has 0 unspecified atom stereocenters. The summed E-state index contributed by atoms with van der Waals surface area (Å²) in [5.74, 6) is -0.251. The minimum atomic E-state index is -0.251. The highest BCUT2D eigenvalue weighted by Crippen LogP contribution is 2.14. The molecule has 1 aromatic heterocycles. The van der Waals surface area contributed by atoms with Crippen LogP contribution in [0, 0.1) is 13.8 Å². The second-order valence-electron chi connectivity index (χ2n) is 3.27. The van der Waals surface area contributed by atoms with E-state index >= 15 is 0 Å². The zero-order chi connectivity index (χ0) is 9.84. The summed E-state index contributed by atoms with van der Waals surface area (Å²) in [6, 6.07) is 3.86. The van der Waals surface area contributed by atoms with Crippen LogP contribution in [0.2, 0.25) is 0 Å². The maximum atomic E-state index is 8.96. The Morgan fingerprint density at radius 1 is 1.23 bits per heavy atom. The lowest BCUT2D eigenvalue weighted by Gasteiger charge is -2.11. The highest BCUT2D eigenvalue weighted by molar-refractivity contribution is 5.22. The molecule has 13 heavy (non-hydrogen) atoms. The second-order valence-corrected chi connectivity index (χ2v) is 3.27. The topological polar surface area (TPSA) is 53.4 Å². The molecule has 0 amide bonds. The van der Waals surface area contributed by atoms with Crippen molar-refractivity contribution in [1.82, 2.24) is 4.98 Å². The number of aromatic nitrogens is 1. The molecule has 0 spiro atoms. The fraction of sp³-hybridized carbons (Fsp3) is 0.500. The van der Waals surface area contributed by atoms with Gasteiger partial charge in [-0.1, -0.05) is 0 Å². The lowest BCUT2D eigenvalue weighted by atomic mass is 10.0. The van der Waals surface area contributed by atoms with Crippen molar-refractivity contribution in [2.75, 3.05) is 13.2 Å². The van der Waals surface area contributed by atoms with Crippen LogP contribution in [0.5, 0.6) is 0 Å². The molecule has 0 fully saturated rings. The van der Waals surface area contributed by atoms with Gasteiger partial charge in [-0.3, -0.25) is 4.98 Å². The predicted molar refractivity (Wildman–Crippen MR) is 50.6 cm³/mol. The normalized spacial score (nSPS) is 10.8. The van der Waals surface area contributed by atoms with E-state index in [1.165, 1.54) is 0 Å². The second kappa shape index (κ2) is 4.35. The number of aliphatic hydroxyl groups is 2. The molecule has 72 valence electrons. The van der Waals surface area contributed by atoms with Crippen molar-refractivity contribution in [3.63, 3.8) is 0 Å². The summed E-state index contributed by atoms with van der Waals surface area (Å²) >= 11 is 0. The van der Waals surface area contributed by atoms with Crippen LogP contribution in [0.15, 0.2) is 12.1 Å². The van der Waals surface area contributed by atoms with Crippen molar-refractivity contribution in [2.24, 2.45) is 0 Å². The summed E-state index contributed by atoms with van der Waals surface area (Å²) in [5.41, 5.74) is 2.79. The van der Waals surface area contributed by atoms with Crippen molar-refractivity contribution >= 4 is 0 Å². The van der Waals surface area contributed by atoms with Gasteiger partial charge in [0.1, 0.15) is 0 Å². The molecule has 0 saturated heterocycles. The van der Waals surface area contributed by atoms with Gasteiger partial charge in [0.25, 0.3) is 0 Å². The largest absolute Gasteiger partial charge is 0.396 e. The van der Waals surface area contributed by atoms with Gasteiger partial charge in [-0.25, -0.2) is 0 Å². The monoisotopic (exact) mass is 181 g/mol. The van der Waals surface area contributed by atoms with Gasteiger partial charge < -0.3 is 10.2 Å². The van der Waals surface area contributed by atoms with Crippen LogP contribution in [0.1, 0.15) is 22.9 Å². The minimum Gasteiger partial charge on any atom is -0.396 e. The van der Waals surface area contributed by atoms with Gasteiger partial charge >= 0.3 is 0 Å². The number of hydrogen-bond acceptors (Lipinski definition) is 3. The Balaban J connectivity index is 2.99. The first-order valence-corrected chi connectivity index (χ1v) is 4.34. The van der Waals surface area contributed by atoms with Crippen LogP contribution in [0.3, 0.4) is 0 Å². The van der Waals surface area contributed by atoms with Crippen LogP contribution in [0.4, 0.5) is 0 Å². The first-order chi connectivity index (χ1) is 6.17. The summed E-state index contributed by atoms with van der Waals surface area (Å²) in [4.78, 5) is 4.26. The van der Waals surface area contributed by atoms with Crippen LogP contribution in [-0.4, -0.2) is 28.4 Å². The number of pyridine rings is 1. The molecule has 0 atom stereocenters. The summed E-state index contributed by atoms with van der Waals surface area (Å²) in [6.07, 6.45) is 0. The molecule has 0 aliphatic carbocycles. The number of rotatable bonds is 3. The first kappa shape index (κ1) is 10.2. The van der Waals surface area contributed by atoms with E-state index < -0.39 is 0 Å². The maximum Gasteiger partial charge on any atom is 0.0537 e. The molecule has 0 aliphatic rings. The van der Waals surface area contributed by atoms with Crippen LogP contribution in [-0.2, 0) is 0 Å². The van der Waals surface area contributed by atoms with Crippen molar-refractivity contribution in [1.29, 1.82) is 0 Å². The lowest BCUT2D eigenvalue weighted by Crippen LogP contribution is -2.11. The third-order valence-electron chi connectivity index (χ3n) is 1.98. The average Bonchev–Trinajstić information content (AvgIpc) is 2.04. The quantitative estimate of drug-likeness (QED) is 0.724. The Labute approximate surface area is 78.1 Å². The Hall–Kier alpha value is -0.930.